The molecule has 1 unspecified atom stereocenters. The predicted molar refractivity (Wildman–Crippen MR) is 86.1 cm³/mol. The van der Waals surface area contributed by atoms with Crippen LogP contribution in [0.4, 0.5) is 0 Å². The molecule has 1 aliphatic rings. The monoisotopic (exact) mass is 341 g/mol. The zero-order valence-corrected chi connectivity index (χ0v) is 13.8. The Morgan fingerprint density at radius 2 is 1.91 bits per heavy atom. The average molecular weight is 341 g/mol. The Bertz CT molecular complexity index is 598. The van der Waals surface area contributed by atoms with Crippen molar-refractivity contribution < 1.29 is 18.3 Å². The van der Waals surface area contributed by atoms with Crippen molar-refractivity contribution in [3.05, 3.63) is 30.1 Å². The molecule has 0 spiro atoms. The van der Waals surface area contributed by atoms with Crippen LogP contribution in [-0.2, 0) is 21.4 Å². The average Bonchev–Trinajstić information content (AvgIpc) is 2.46. The van der Waals surface area contributed by atoms with Gasteiger partial charge in [-0.05, 0) is 24.5 Å². The SMILES string of the molecule is O=C(O)C(Cc1cccnc1)NS(=O)(=O)N1CCCCCCC1. The molecule has 128 valence electrons. The van der Waals surface area contributed by atoms with Crippen molar-refractivity contribution in [3.8, 4) is 0 Å². The summed E-state index contributed by atoms with van der Waals surface area (Å²) in [7, 11) is -3.81. The lowest BCUT2D eigenvalue weighted by atomic mass is 10.1. The van der Waals surface area contributed by atoms with Gasteiger partial charge in [0, 0.05) is 31.9 Å². The highest BCUT2D eigenvalue weighted by molar-refractivity contribution is 7.87. The van der Waals surface area contributed by atoms with Crippen molar-refractivity contribution in [1.29, 1.82) is 0 Å². The fourth-order valence-corrected chi connectivity index (χ4v) is 4.08. The lowest BCUT2D eigenvalue weighted by Crippen LogP contribution is -2.49. The van der Waals surface area contributed by atoms with Crippen molar-refractivity contribution in [2.75, 3.05) is 13.1 Å². The molecule has 7 nitrogen and oxygen atoms in total. The molecule has 1 aliphatic heterocycles. The smallest absolute Gasteiger partial charge is 0.322 e. The Balaban J connectivity index is 2.06. The van der Waals surface area contributed by atoms with E-state index in [1.54, 1.807) is 24.5 Å². The number of nitrogens with one attached hydrogen (secondary N) is 1. The van der Waals surface area contributed by atoms with Crippen LogP contribution in [0.15, 0.2) is 24.5 Å². The molecule has 0 aliphatic carbocycles. The Morgan fingerprint density at radius 1 is 1.26 bits per heavy atom. The third-order valence-corrected chi connectivity index (χ3v) is 5.53. The summed E-state index contributed by atoms with van der Waals surface area (Å²) in [5, 5.41) is 9.33. The minimum absolute atomic E-state index is 0.0657. The number of pyridine rings is 1. The summed E-state index contributed by atoms with van der Waals surface area (Å²) in [5.41, 5.74) is 0.676. The minimum atomic E-state index is -3.81. The normalized spacial score (nSPS) is 18.8. The third-order valence-electron chi connectivity index (χ3n) is 3.91. The van der Waals surface area contributed by atoms with Gasteiger partial charge in [-0.2, -0.15) is 17.4 Å². The molecule has 1 aromatic rings. The van der Waals surface area contributed by atoms with Gasteiger partial charge in [-0.3, -0.25) is 9.78 Å². The number of rotatable bonds is 6. The van der Waals surface area contributed by atoms with Crippen LogP contribution in [0.3, 0.4) is 0 Å². The number of hydrogen-bond acceptors (Lipinski definition) is 4. The van der Waals surface area contributed by atoms with Crippen molar-refractivity contribution in [2.24, 2.45) is 0 Å². The molecule has 1 saturated heterocycles. The summed E-state index contributed by atoms with van der Waals surface area (Å²) in [5.74, 6) is -1.19. The highest BCUT2D eigenvalue weighted by Crippen LogP contribution is 2.14. The van der Waals surface area contributed by atoms with E-state index in [1.165, 1.54) is 4.31 Å². The number of aromatic nitrogens is 1. The molecule has 23 heavy (non-hydrogen) atoms. The van der Waals surface area contributed by atoms with Crippen LogP contribution < -0.4 is 4.72 Å². The Kier molecular flexibility index (Phi) is 6.49. The molecule has 1 fully saturated rings. The van der Waals surface area contributed by atoms with Gasteiger partial charge in [0.1, 0.15) is 6.04 Å². The van der Waals surface area contributed by atoms with E-state index in [0.29, 0.717) is 18.7 Å². The van der Waals surface area contributed by atoms with Crippen LogP contribution in [-0.4, -0.2) is 47.9 Å². The Morgan fingerprint density at radius 3 is 2.48 bits per heavy atom. The van der Waals surface area contributed by atoms with E-state index in [4.69, 9.17) is 0 Å². The van der Waals surface area contributed by atoms with Gasteiger partial charge in [-0.15, -0.1) is 0 Å². The highest BCUT2D eigenvalue weighted by atomic mass is 32.2. The van der Waals surface area contributed by atoms with Gasteiger partial charge in [0.05, 0.1) is 0 Å². The van der Waals surface area contributed by atoms with E-state index in [9.17, 15) is 18.3 Å². The lowest BCUT2D eigenvalue weighted by molar-refractivity contribution is -0.138. The second-order valence-electron chi connectivity index (χ2n) is 5.75. The fourth-order valence-electron chi connectivity index (χ4n) is 2.65. The van der Waals surface area contributed by atoms with E-state index in [1.807, 2.05) is 0 Å². The number of carboxylic acid groups (broad SMARTS) is 1. The first-order valence-corrected chi connectivity index (χ1v) is 9.32. The first kappa shape index (κ1) is 17.8. The van der Waals surface area contributed by atoms with Crippen LogP contribution in [0, 0.1) is 0 Å². The second-order valence-corrected chi connectivity index (χ2v) is 7.45. The Hall–Kier alpha value is -1.51. The third kappa shape index (κ3) is 5.56. The maximum Gasteiger partial charge on any atom is 0.322 e. The van der Waals surface area contributed by atoms with Gasteiger partial charge >= 0.3 is 5.97 Å². The molecular weight excluding hydrogens is 318 g/mol. The van der Waals surface area contributed by atoms with E-state index >= 15 is 0 Å². The molecule has 0 aromatic carbocycles. The summed E-state index contributed by atoms with van der Waals surface area (Å²) in [6.07, 6.45) is 7.94. The van der Waals surface area contributed by atoms with Crippen molar-refractivity contribution in [3.63, 3.8) is 0 Å². The van der Waals surface area contributed by atoms with Crippen molar-refractivity contribution >= 4 is 16.2 Å². The van der Waals surface area contributed by atoms with Gasteiger partial charge in [0.15, 0.2) is 0 Å². The maximum absolute atomic E-state index is 12.5. The number of nitrogens with zero attached hydrogens (tertiary/aromatic N) is 2. The molecule has 0 bridgehead atoms. The zero-order valence-electron chi connectivity index (χ0n) is 13.0. The molecule has 0 radical (unpaired) electrons. The molecule has 2 rings (SSSR count). The molecule has 8 heteroatoms. The standard InChI is InChI=1S/C15H23N3O4S/c19-15(20)14(11-13-7-6-8-16-12-13)17-23(21,22)18-9-4-2-1-3-5-10-18/h6-8,12,14,17H,1-5,9-11H2,(H,19,20). The summed E-state index contributed by atoms with van der Waals surface area (Å²) in [6.45, 7) is 0.878. The van der Waals surface area contributed by atoms with Gasteiger partial charge in [-0.25, -0.2) is 0 Å². The number of carboxylic acids is 1. The van der Waals surface area contributed by atoms with Crippen LogP contribution in [0.25, 0.3) is 0 Å². The summed E-state index contributed by atoms with van der Waals surface area (Å²) >= 11 is 0. The topological polar surface area (TPSA) is 99.6 Å². The molecular formula is C15H23N3O4S. The number of carbonyl (C=O) groups is 1. The number of hydrogen-bond donors (Lipinski definition) is 2. The molecule has 2 heterocycles. The van der Waals surface area contributed by atoms with Gasteiger partial charge in [-0.1, -0.05) is 25.3 Å². The zero-order chi connectivity index (χ0) is 16.7. The molecule has 1 atom stereocenters. The van der Waals surface area contributed by atoms with Crippen molar-refractivity contribution in [1.82, 2.24) is 14.0 Å². The maximum atomic E-state index is 12.5. The minimum Gasteiger partial charge on any atom is -0.480 e. The highest BCUT2D eigenvalue weighted by Gasteiger charge is 2.29. The molecule has 0 saturated carbocycles. The van der Waals surface area contributed by atoms with Crippen LogP contribution >= 0.6 is 0 Å². The first-order valence-electron chi connectivity index (χ1n) is 7.88. The number of aliphatic carboxylic acids is 1. The van der Waals surface area contributed by atoms with E-state index in [-0.39, 0.29) is 6.42 Å². The van der Waals surface area contributed by atoms with Crippen LogP contribution in [0.2, 0.25) is 0 Å². The molecule has 0 amide bonds. The summed E-state index contributed by atoms with van der Waals surface area (Å²) in [6, 6.07) is 2.23. The first-order chi connectivity index (χ1) is 11.0. The van der Waals surface area contributed by atoms with E-state index < -0.39 is 22.2 Å². The predicted octanol–water partition coefficient (Wildman–Crippen LogP) is 1.18. The largest absolute Gasteiger partial charge is 0.480 e. The quantitative estimate of drug-likeness (QED) is 0.809. The fraction of sp³-hybridized carbons (Fsp3) is 0.600. The van der Waals surface area contributed by atoms with Gasteiger partial charge < -0.3 is 5.11 Å². The Labute approximate surface area is 136 Å². The summed E-state index contributed by atoms with van der Waals surface area (Å²) in [4.78, 5) is 15.3. The molecule has 2 N–H and O–H groups in total. The van der Waals surface area contributed by atoms with Gasteiger partial charge in [0.25, 0.3) is 10.2 Å². The second kappa shape index (κ2) is 8.37. The summed E-state index contributed by atoms with van der Waals surface area (Å²) < 4.78 is 28.7. The van der Waals surface area contributed by atoms with E-state index in [0.717, 1.165) is 32.1 Å². The van der Waals surface area contributed by atoms with Gasteiger partial charge in [0.2, 0.25) is 0 Å². The van der Waals surface area contributed by atoms with Crippen LogP contribution in [0.5, 0.6) is 0 Å². The van der Waals surface area contributed by atoms with E-state index in [2.05, 4.69) is 9.71 Å². The lowest BCUT2D eigenvalue weighted by Gasteiger charge is -2.26. The molecule has 1 aromatic heterocycles. The van der Waals surface area contributed by atoms with Crippen molar-refractivity contribution in [2.45, 2.75) is 44.6 Å². The van der Waals surface area contributed by atoms with Crippen LogP contribution in [0.1, 0.15) is 37.7 Å².